The number of benzene rings is 1. The molecule has 1 aromatic carbocycles. The van der Waals surface area contributed by atoms with E-state index in [2.05, 4.69) is 10.1 Å². The summed E-state index contributed by atoms with van der Waals surface area (Å²) in [6.07, 6.45) is -1.42. The summed E-state index contributed by atoms with van der Waals surface area (Å²) in [7, 11) is 0. The van der Waals surface area contributed by atoms with Crippen LogP contribution in [0.25, 0.3) is 11.5 Å². The van der Waals surface area contributed by atoms with Crippen molar-refractivity contribution in [2.24, 2.45) is 0 Å². The van der Waals surface area contributed by atoms with Crippen LogP contribution in [0.5, 0.6) is 0 Å². The molecule has 0 amide bonds. The Labute approximate surface area is 120 Å². The molecule has 1 saturated heterocycles. The highest BCUT2D eigenvalue weighted by atomic mass is 35.5. The van der Waals surface area contributed by atoms with Crippen LogP contribution in [-0.2, 0) is 6.54 Å². The minimum absolute atomic E-state index is 0.409. The molecule has 0 aliphatic carbocycles. The highest BCUT2D eigenvalue weighted by Gasteiger charge is 2.30. The van der Waals surface area contributed by atoms with E-state index in [1.165, 1.54) is 0 Å². The van der Waals surface area contributed by atoms with Gasteiger partial charge < -0.3 is 14.7 Å². The van der Waals surface area contributed by atoms with E-state index < -0.39 is 12.2 Å². The zero-order valence-electron chi connectivity index (χ0n) is 10.6. The van der Waals surface area contributed by atoms with Gasteiger partial charge in [-0.25, -0.2) is 0 Å². The maximum Gasteiger partial charge on any atom is 0.257 e. The highest BCUT2D eigenvalue weighted by Crippen LogP contribution is 2.20. The summed E-state index contributed by atoms with van der Waals surface area (Å²) >= 11 is 5.82. The van der Waals surface area contributed by atoms with E-state index in [1.54, 1.807) is 12.1 Å². The summed E-state index contributed by atoms with van der Waals surface area (Å²) in [5, 5.41) is 23.5. The van der Waals surface area contributed by atoms with Crippen molar-refractivity contribution < 1.29 is 14.7 Å². The Morgan fingerprint density at radius 1 is 1.20 bits per heavy atom. The lowest BCUT2D eigenvalue weighted by atomic mass is 10.2. The minimum Gasteiger partial charge on any atom is -0.389 e. The minimum atomic E-state index is -0.711. The van der Waals surface area contributed by atoms with Crippen molar-refractivity contribution in [2.75, 3.05) is 13.1 Å². The molecule has 7 heteroatoms. The number of rotatable bonds is 3. The summed E-state index contributed by atoms with van der Waals surface area (Å²) in [6, 6.07) is 7.13. The summed E-state index contributed by atoms with van der Waals surface area (Å²) in [6.45, 7) is 1.25. The lowest BCUT2D eigenvalue weighted by Gasteiger charge is -2.10. The topological polar surface area (TPSA) is 82.6 Å². The van der Waals surface area contributed by atoms with Gasteiger partial charge in [0.25, 0.3) is 5.89 Å². The normalized spacial score (nSPS) is 23.4. The number of halogens is 1. The molecule has 2 N–H and O–H groups in total. The first-order valence-electron chi connectivity index (χ1n) is 6.29. The van der Waals surface area contributed by atoms with Crippen LogP contribution in [-0.4, -0.2) is 50.6 Å². The second-order valence-corrected chi connectivity index (χ2v) is 5.29. The fraction of sp³-hybridized carbons (Fsp3) is 0.385. The Hall–Kier alpha value is -1.47. The molecule has 0 spiro atoms. The van der Waals surface area contributed by atoms with Crippen molar-refractivity contribution in [2.45, 2.75) is 18.8 Å². The van der Waals surface area contributed by atoms with E-state index in [1.807, 2.05) is 17.0 Å². The maximum atomic E-state index is 9.49. The fourth-order valence-electron chi connectivity index (χ4n) is 2.20. The van der Waals surface area contributed by atoms with Gasteiger partial charge in [-0.15, -0.1) is 0 Å². The van der Waals surface area contributed by atoms with Gasteiger partial charge in [0.2, 0.25) is 0 Å². The zero-order valence-corrected chi connectivity index (χ0v) is 11.4. The molecule has 0 saturated carbocycles. The van der Waals surface area contributed by atoms with Gasteiger partial charge in [-0.2, -0.15) is 4.98 Å². The van der Waals surface area contributed by atoms with E-state index in [-0.39, 0.29) is 0 Å². The average molecular weight is 296 g/mol. The molecule has 0 bridgehead atoms. The number of aromatic nitrogens is 2. The van der Waals surface area contributed by atoms with Crippen LogP contribution in [0.4, 0.5) is 0 Å². The van der Waals surface area contributed by atoms with Gasteiger partial charge in [0.15, 0.2) is 5.82 Å². The third-order valence-electron chi connectivity index (χ3n) is 3.26. The molecule has 106 valence electrons. The lowest BCUT2D eigenvalue weighted by Crippen LogP contribution is -2.22. The van der Waals surface area contributed by atoms with Gasteiger partial charge in [0, 0.05) is 23.7 Å². The quantitative estimate of drug-likeness (QED) is 0.876. The smallest absolute Gasteiger partial charge is 0.257 e. The number of aliphatic hydroxyl groups excluding tert-OH is 2. The predicted molar refractivity (Wildman–Crippen MR) is 72.0 cm³/mol. The number of hydrogen-bond acceptors (Lipinski definition) is 6. The van der Waals surface area contributed by atoms with Crippen LogP contribution < -0.4 is 0 Å². The molecule has 1 fully saturated rings. The van der Waals surface area contributed by atoms with Crippen molar-refractivity contribution in [3.63, 3.8) is 0 Å². The summed E-state index contributed by atoms with van der Waals surface area (Å²) in [4.78, 5) is 6.18. The molecule has 1 aromatic heterocycles. The molecule has 0 radical (unpaired) electrons. The Morgan fingerprint density at radius 2 is 1.85 bits per heavy atom. The number of likely N-dealkylation sites (tertiary alicyclic amines) is 1. The van der Waals surface area contributed by atoms with Gasteiger partial charge in [-0.05, 0) is 24.3 Å². The zero-order chi connectivity index (χ0) is 14.1. The molecule has 2 aromatic rings. The van der Waals surface area contributed by atoms with Gasteiger partial charge in [-0.3, -0.25) is 4.90 Å². The fourth-order valence-corrected chi connectivity index (χ4v) is 2.33. The largest absolute Gasteiger partial charge is 0.389 e. The third kappa shape index (κ3) is 2.83. The Balaban J connectivity index is 1.69. The second-order valence-electron chi connectivity index (χ2n) is 4.85. The van der Waals surface area contributed by atoms with Crippen molar-refractivity contribution in [3.8, 4) is 11.5 Å². The molecule has 2 heterocycles. The predicted octanol–water partition coefficient (Wildman–Crippen LogP) is 0.927. The van der Waals surface area contributed by atoms with Crippen LogP contribution in [0.1, 0.15) is 5.82 Å². The van der Waals surface area contributed by atoms with Crippen molar-refractivity contribution in [3.05, 3.63) is 35.1 Å². The van der Waals surface area contributed by atoms with E-state index in [9.17, 15) is 10.2 Å². The van der Waals surface area contributed by atoms with Gasteiger partial charge in [-0.1, -0.05) is 16.8 Å². The summed E-state index contributed by atoms with van der Waals surface area (Å²) in [5.41, 5.74) is 0.801. The molecule has 1 aliphatic heterocycles. The van der Waals surface area contributed by atoms with Crippen LogP contribution in [0, 0.1) is 0 Å². The molecule has 2 atom stereocenters. The molecule has 2 unspecified atom stereocenters. The van der Waals surface area contributed by atoms with Gasteiger partial charge >= 0.3 is 0 Å². The number of aliphatic hydroxyl groups is 2. The van der Waals surface area contributed by atoms with Crippen molar-refractivity contribution in [1.29, 1.82) is 0 Å². The Bertz CT molecular complexity index is 577. The molecule has 6 nitrogen and oxygen atoms in total. The van der Waals surface area contributed by atoms with Gasteiger partial charge in [0.1, 0.15) is 0 Å². The average Bonchev–Trinajstić information content (AvgIpc) is 2.99. The monoisotopic (exact) mass is 295 g/mol. The Kier molecular flexibility index (Phi) is 3.71. The van der Waals surface area contributed by atoms with E-state index in [0.29, 0.717) is 36.4 Å². The number of β-amino-alcohol motifs (C(OH)–C–C–N with tert-alkyl or cyclic N) is 2. The van der Waals surface area contributed by atoms with Gasteiger partial charge in [0.05, 0.1) is 18.8 Å². The van der Waals surface area contributed by atoms with Crippen LogP contribution in [0.15, 0.2) is 28.8 Å². The van der Waals surface area contributed by atoms with Crippen LogP contribution in [0.3, 0.4) is 0 Å². The third-order valence-corrected chi connectivity index (χ3v) is 3.51. The highest BCUT2D eigenvalue weighted by molar-refractivity contribution is 6.30. The SMILES string of the molecule is OC1CN(Cc2noc(-c3ccc(Cl)cc3)n2)CC1O. The maximum absolute atomic E-state index is 9.49. The van der Waals surface area contributed by atoms with Crippen LogP contribution >= 0.6 is 11.6 Å². The lowest BCUT2D eigenvalue weighted by molar-refractivity contribution is 0.0572. The summed E-state index contributed by atoms with van der Waals surface area (Å²) in [5.74, 6) is 0.952. The van der Waals surface area contributed by atoms with Crippen molar-refractivity contribution in [1.82, 2.24) is 15.0 Å². The standard InChI is InChI=1S/C13H14ClN3O3/c14-9-3-1-8(2-4-9)13-15-12(16-20-13)7-17-5-10(18)11(19)6-17/h1-4,10-11,18-19H,5-7H2. The van der Waals surface area contributed by atoms with Crippen molar-refractivity contribution >= 4 is 11.6 Å². The molecular weight excluding hydrogens is 282 g/mol. The Morgan fingerprint density at radius 3 is 2.50 bits per heavy atom. The first-order valence-corrected chi connectivity index (χ1v) is 6.66. The van der Waals surface area contributed by atoms with E-state index in [0.717, 1.165) is 5.56 Å². The van der Waals surface area contributed by atoms with Crippen LogP contribution in [0.2, 0.25) is 5.02 Å². The first-order chi connectivity index (χ1) is 9.61. The second kappa shape index (κ2) is 5.49. The molecule has 1 aliphatic rings. The van der Waals surface area contributed by atoms with E-state index in [4.69, 9.17) is 16.1 Å². The van der Waals surface area contributed by atoms with E-state index >= 15 is 0 Å². The molecule has 20 heavy (non-hydrogen) atoms. The number of hydrogen-bond donors (Lipinski definition) is 2. The molecular formula is C13H14ClN3O3. The molecule has 3 rings (SSSR count). The summed E-state index contributed by atoms with van der Waals surface area (Å²) < 4.78 is 5.20. The number of nitrogens with zero attached hydrogens (tertiary/aromatic N) is 3. The first kappa shape index (κ1) is 13.5.